The van der Waals surface area contributed by atoms with Gasteiger partial charge < -0.3 is 10.1 Å². The van der Waals surface area contributed by atoms with Crippen molar-refractivity contribution in [3.63, 3.8) is 0 Å². The number of halogens is 2. The molecule has 0 heterocycles. The van der Waals surface area contributed by atoms with Gasteiger partial charge >= 0.3 is 0 Å². The Bertz CT molecular complexity index is 305. The maximum absolute atomic E-state index is 5.17. The molecular weight excluding hydrogens is 322 g/mol. The van der Waals surface area contributed by atoms with Crippen LogP contribution in [-0.4, -0.2) is 19.0 Å². The fraction of sp³-hybridized carbons (Fsp3) is 0.455. The normalized spacial score (nSPS) is 10.3. The molecule has 0 radical (unpaired) electrons. The van der Waals surface area contributed by atoms with Crippen molar-refractivity contribution >= 4 is 31.9 Å². The molecule has 0 atom stereocenters. The van der Waals surface area contributed by atoms with Crippen molar-refractivity contribution in [3.05, 3.63) is 28.2 Å². The van der Waals surface area contributed by atoms with E-state index in [0.29, 0.717) is 0 Å². The lowest BCUT2D eigenvalue weighted by atomic mass is 10.2. The van der Waals surface area contributed by atoms with E-state index in [2.05, 4.69) is 49.3 Å². The lowest BCUT2D eigenvalue weighted by Crippen LogP contribution is -2.14. The highest BCUT2D eigenvalue weighted by atomic mass is 79.9. The smallest absolute Gasteiger partial charge is 0.133 e. The molecule has 0 spiro atoms. The molecule has 1 aromatic carbocycles. The summed E-state index contributed by atoms with van der Waals surface area (Å²) in [5.74, 6) is 0.874. The number of hydrogen-bond donors (Lipinski definition) is 1. The first-order valence-corrected chi connectivity index (χ1v) is 6.78. The van der Waals surface area contributed by atoms with E-state index < -0.39 is 0 Å². The summed E-state index contributed by atoms with van der Waals surface area (Å²) < 4.78 is 6.17. The van der Waals surface area contributed by atoms with Crippen LogP contribution in [0.1, 0.15) is 12.0 Å². The van der Waals surface area contributed by atoms with Gasteiger partial charge in [0.05, 0.1) is 11.6 Å². The van der Waals surface area contributed by atoms with Crippen LogP contribution in [0.15, 0.2) is 22.7 Å². The minimum absolute atomic E-state index is 0.874. The molecule has 15 heavy (non-hydrogen) atoms. The Morgan fingerprint density at radius 1 is 1.40 bits per heavy atom. The van der Waals surface area contributed by atoms with Gasteiger partial charge in [-0.25, -0.2) is 0 Å². The van der Waals surface area contributed by atoms with Crippen LogP contribution < -0.4 is 10.1 Å². The lowest BCUT2D eigenvalue weighted by Gasteiger charge is -2.07. The van der Waals surface area contributed by atoms with Gasteiger partial charge in [0.15, 0.2) is 0 Å². The average Bonchev–Trinajstić information content (AvgIpc) is 2.25. The van der Waals surface area contributed by atoms with Crippen molar-refractivity contribution in [3.8, 4) is 5.75 Å². The number of methoxy groups -OCH3 is 1. The lowest BCUT2D eigenvalue weighted by molar-refractivity contribution is 0.412. The third kappa shape index (κ3) is 4.53. The summed E-state index contributed by atoms with van der Waals surface area (Å²) in [4.78, 5) is 0. The fourth-order valence-electron chi connectivity index (χ4n) is 1.24. The highest BCUT2D eigenvalue weighted by Gasteiger charge is 2.00. The van der Waals surface area contributed by atoms with Crippen molar-refractivity contribution < 1.29 is 4.74 Å². The molecule has 0 aliphatic carbocycles. The summed E-state index contributed by atoms with van der Waals surface area (Å²) in [5.41, 5.74) is 1.26. The average molecular weight is 337 g/mol. The molecule has 84 valence electrons. The van der Waals surface area contributed by atoms with Gasteiger partial charge in [0.25, 0.3) is 0 Å². The molecule has 0 aliphatic rings. The zero-order valence-electron chi connectivity index (χ0n) is 8.72. The molecule has 0 saturated heterocycles. The molecule has 0 amide bonds. The highest BCUT2D eigenvalue weighted by molar-refractivity contribution is 9.10. The third-order valence-corrected chi connectivity index (χ3v) is 3.21. The number of hydrogen-bond acceptors (Lipinski definition) is 2. The van der Waals surface area contributed by atoms with Crippen LogP contribution in [0.3, 0.4) is 0 Å². The van der Waals surface area contributed by atoms with E-state index >= 15 is 0 Å². The molecule has 1 N–H and O–H groups in total. The van der Waals surface area contributed by atoms with Gasteiger partial charge in [0.1, 0.15) is 5.75 Å². The SMILES string of the molecule is COc1ccc(CNCCCBr)cc1Br. The maximum Gasteiger partial charge on any atom is 0.133 e. The van der Waals surface area contributed by atoms with Crippen LogP contribution >= 0.6 is 31.9 Å². The second-order valence-electron chi connectivity index (χ2n) is 3.19. The summed E-state index contributed by atoms with van der Waals surface area (Å²) in [5, 5.41) is 4.42. The zero-order valence-corrected chi connectivity index (χ0v) is 11.9. The molecule has 0 unspecified atom stereocenters. The minimum Gasteiger partial charge on any atom is -0.496 e. The van der Waals surface area contributed by atoms with Gasteiger partial charge in [-0.2, -0.15) is 0 Å². The third-order valence-electron chi connectivity index (χ3n) is 2.03. The number of benzene rings is 1. The molecule has 0 aromatic heterocycles. The monoisotopic (exact) mass is 335 g/mol. The molecule has 0 fully saturated rings. The quantitative estimate of drug-likeness (QED) is 0.635. The van der Waals surface area contributed by atoms with Gasteiger partial charge in [-0.15, -0.1) is 0 Å². The second kappa shape index (κ2) is 7.25. The first kappa shape index (κ1) is 13.0. The second-order valence-corrected chi connectivity index (χ2v) is 4.84. The summed E-state index contributed by atoms with van der Waals surface area (Å²) in [6.07, 6.45) is 1.15. The van der Waals surface area contributed by atoms with Gasteiger partial charge in [0.2, 0.25) is 0 Å². The summed E-state index contributed by atoms with van der Waals surface area (Å²) >= 11 is 6.87. The predicted molar refractivity (Wildman–Crippen MR) is 70.8 cm³/mol. The van der Waals surface area contributed by atoms with Crippen molar-refractivity contribution in [2.75, 3.05) is 19.0 Å². The summed E-state index contributed by atoms with van der Waals surface area (Å²) in [7, 11) is 1.67. The van der Waals surface area contributed by atoms with Crippen LogP contribution in [0.2, 0.25) is 0 Å². The molecule has 0 aliphatic heterocycles. The zero-order chi connectivity index (χ0) is 11.1. The topological polar surface area (TPSA) is 21.3 Å². The molecule has 4 heteroatoms. The minimum atomic E-state index is 0.874. The van der Waals surface area contributed by atoms with E-state index in [9.17, 15) is 0 Å². The molecule has 2 nitrogen and oxygen atoms in total. The Hall–Kier alpha value is -0.0600. The van der Waals surface area contributed by atoms with Gasteiger partial charge in [-0.1, -0.05) is 22.0 Å². The number of ether oxygens (including phenoxy) is 1. The van der Waals surface area contributed by atoms with Crippen molar-refractivity contribution in [1.29, 1.82) is 0 Å². The Morgan fingerprint density at radius 3 is 2.80 bits per heavy atom. The van der Waals surface area contributed by atoms with Crippen molar-refractivity contribution in [2.24, 2.45) is 0 Å². The number of rotatable bonds is 6. The first-order valence-electron chi connectivity index (χ1n) is 4.87. The largest absolute Gasteiger partial charge is 0.496 e. The Morgan fingerprint density at radius 2 is 2.20 bits per heavy atom. The van der Waals surface area contributed by atoms with Crippen LogP contribution in [0.5, 0.6) is 5.75 Å². The van der Waals surface area contributed by atoms with E-state index in [1.807, 2.05) is 6.07 Å². The van der Waals surface area contributed by atoms with E-state index in [4.69, 9.17) is 4.74 Å². The van der Waals surface area contributed by atoms with Gasteiger partial charge in [0, 0.05) is 11.9 Å². The highest BCUT2D eigenvalue weighted by Crippen LogP contribution is 2.25. The Kier molecular flexibility index (Phi) is 6.29. The first-order chi connectivity index (χ1) is 7.27. The molecule has 1 aromatic rings. The fourth-order valence-corrected chi connectivity index (χ4v) is 2.11. The van der Waals surface area contributed by atoms with Gasteiger partial charge in [-0.3, -0.25) is 0 Å². The standard InChI is InChI=1S/C11H15Br2NO/c1-15-11-4-3-9(7-10(11)13)8-14-6-2-5-12/h3-4,7,14H,2,5-6,8H2,1H3. The van der Waals surface area contributed by atoms with Crippen LogP contribution in [-0.2, 0) is 6.54 Å². The number of alkyl halides is 1. The number of nitrogens with one attached hydrogen (secondary N) is 1. The molecular formula is C11H15Br2NO. The van der Waals surface area contributed by atoms with E-state index in [-0.39, 0.29) is 0 Å². The maximum atomic E-state index is 5.17. The van der Waals surface area contributed by atoms with Gasteiger partial charge in [-0.05, 0) is 46.6 Å². The Labute approximate surface area is 108 Å². The van der Waals surface area contributed by atoms with Crippen LogP contribution in [0.4, 0.5) is 0 Å². The van der Waals surface area contributed by atoms with Crippen LogP contribution in [0.25, 0.3) is 0 Å². The van der Waals surface area contributed by atoms with E-state index in [0.717, 1.165) is 35.1 Å². The molecule has 0 saturated carbocycles. The van der Waals surface area contributed by atoms with Crippen molar-refractivity contribution in [2.45, 2.75) is 13.0 Å². The Balaban J connectivity index is 2.45. The predicted octanol–water partition coefficient (Wildman–Crippen LogP) is 3.33. The van der Waals surface area contributed by atoms with Crippen molar-refractivity contribution in [1.82, 2.24) is 5.32 Å². The molecule has 0 bridgehead atoms. The summed E-state index contributed by atoms with van der Waals surface area (Å²) in [6.45, 7) is 1.94. The summed E-state index contributed by atoms with van der Waals surface area (Å²) in [6, 6.07) is 6.14. The molecule has 1 rings (SSSR count). The van der Waals surface area contributed by atoms with E-state index in [1.165, 1.54) is 5.56 Å². The van der Waals surface area contributed by atoms with Crippen LogP contribution in [0, 0.1) is 0 Å². The van der Waals surface area contributed by atoms with E-state index in [1.54, 1.807) is 7.11 Å².